The van der Waals surface area contributed by atoms with Gasteiger partial charge < -0.3 is 19.9 Å². The number of amides is 1. The highest BCUT2D eigenvalue weighted by Gasteiger charge is 2.27. The first-order chi connectivity index (χ1) is 20.7. The van der Waals surface area contributed by atoms with Crippen LogP contribution >= 0.6 is 0 Å². The molecule has 1 aromatic heterocycles. The summed E-state index contributed by atoms with van der Waals surface area (Å²) in [5, 5.41) is 11.9. The number of anilines is 1. The van der Waals surface area contributed by atoms with Gasteiger partial charge in [0.05, 0.1) is 27.8 Å². The van der Waals surface area contributed by atoms with Gasteiger partial charge in [0.1, 0.15) is 17.3 Å². The third-order valence-electron chi connectivity index (χ3n) is 6.87. The second-order valence-electron chi connectivity index (χ2n) is 9.93. The van der Waals surface area contributed by atoms with Crippen LogP contribution in [-0.2, 0) is 10.0 Å². The van der Waals surface area contributed by atoms with Crippen molar-refractivity contribution in [1.29, 1.82) is 0 Å². The van der Waals surface area contributed by atoms with Crippen LogP contribution in [0.25, 0.3) is 0 Å². The standard InChI is InChI=1S/C31H28FN3O7S/c32-21-6-16-26(17-7-21)43(39,40)35-22-8-10-23(11-9-22)41-24-12-14-25(15-13-24)42-29-18-5-20(19-33-29)30(36)34-28-4-2-1-3-27(28)31(37)38/h1-7,12-19,22-23,35H,8-11H2,(H,34,36)(H,37,38). The summed E-state index contributed by atoms with van der Waals surface area (Å²) in [6.07, 6.45) is 3.82. The van der Waals surface area contributed by atoms with Gasteiger partial charge in [0.15, 0.2) is 0 Å². The summed E-state index contributed by atoms with van der Waals surface area (Å²) >= 11 is 0. The van der Waals surface area contributed by atoms with E-state index in [2.05, 4.69) is 15.0 Å². The molecule has 43 heavy (non-hydrogen) atoms. The van der Waals surface area contributed by atoms with Crippen LogP contribution in [0.5, 0.6) is 17.4 Å². The molecule has 12 heteroatoms. The van der Waals surface area contributed by atoms with E-state index in [0.717, 1.165) is 12.1 Å². The topological polar surface area (TPSA) is 144 Å². The zero-order valence-electron chi connectivity index (χ0n) is 22.8. The van der Waals surface area contributed by atoms with E-state index in [1.165, 1.54) is 42.6 Å². The van der Waals surface area contributed by atoms with Crippen LogP contribution in [-0.4, -0.2) is 42.5 Å². The molecule has 1 fully saturated rings. The van der Waals surface area contributed by atoms with Crippen molar-refractivity contribution in [3.05, 3.63) is 108 Å². The van der Waals surface area contributed by atoms with Gasteiger partial charge in [0, 0.05) is 18.3 Å². The molecule has 3 aromatic carbocycles. The largest absolute Gasteiger partial charge is 0.490 e. The number of sulfonamides is 1. The minimum Gasteiger partial charge on any atom is -0.490 e. The minimum atomic E-state index is -3.72. The summed E-state index contributed by atoms with van der Waals surface area (Å²) < 4.78 is 52.8. The number of hydrogen-bond acceptors (Lipinski definition) is 7. The molecule has 1 aliphatic carbocycles. The van der Waals surface area contributed by atoms with Crippen LogP contribution in [0.1, 0.15) is 46.4 Å². The fourth-order valence-electron chi connectivity index (χ4n) is 4.65. The molecular formula is C31H28FN3O7S. The number of halogens is 1. The van der Waals surface area contributed by atoms with Gasteiger partial charge in [-0.25, -0.2) is 27.3 Å². The summed E-state index contributed by atoms with van der Waals surface area (Å²) in [7, 11) is -3.72. The second kappa shape index (κ2) is 13.0. The molecule has 0 unspecified atom stereocenters. The van der Waals surface area contributed by atoms with Crippen molar-refractivity contribution >= 4 is 27.6 Å². The van der Waals surface area contributed by atoms with Crippen molar-refractivity contribution in [3.63, 3.8) is 0 Å². The maximum absolute atomic E-state index is 13.1. The van der Waals surface area contributed by atoms with E-state index in [0.29, 0.717) is 37.2 Å². The zero-order chi connectivity index (χ0) is 30.4. The lowest BCUT2D eigenvalue weighted by Gasteiger charge is -2.29. The molecule has 1 heterocycles. The molecule has 4 aromatic rings. The van der Waals surface area contributed by atoms with Crippen molar-refractivity contribution < 1.29 is 37.0 Å². The molecule has 10 nitrogen and oxygen atoms in total. The highest BCUT2D eigenvalue weighted by Crippen LogP contribution is 2.28. The van der Waals surface area contributed by atoms with Crippen LogP contribution in [0.4, 0.5) is 10.1 Å². The highest BCUT2D eigenvalue weighted by atomic mass is 32.2. The Morgan fingerprint density at radius 1 is 0.860 bits per heavy atom. The van der Waals surface area contributed by atoms with E-state index in [4.69, 9.17) is 9.47 Å². The number of carbonyl (C=O) groups is 2. The number of aromatic nitrogens is 1. The van der Waals surface area contributed by atoms with Gasteiger partial charge in [-0.2, -0.15) is 0 Å². The smallest absolute Gasteiger partial charge is 0.337 e. The number of rotatable bonds is 10. The average molecular weight is 606 g/mol. The van der Waals surface area contributed by atoms with Crippen LogP contribution in [0.15, 0.2) is 96.0 Å². The third-order valence-corrected chi connectivity index (χ3v) is 8.41. The number of aromatic carboxylic acids is 1. The number of para-hydroxylation sites is 1. The molecule has 0 spiro atoms. The van der Waals surface area contributed by atoms with Crippen LogP contribution in [0, 0.1) is 5.82 Å². The first-order valence-electron chi connectivity index (χ1n) is 13.5. The van der Waals surface area contributed by atoms with Crippen molar-refractivity contribution in [2.75, 3.05) is 5.32 Å². The number of ether oxygens (including phenoxy) is 2. The summed E-state index contributed by atoms with van der Waals surface area (Å²) in [4.78, 5) is 28.1. The number of carbonyl (C=O) groups excluding carboxylic acids is 1. The Kier molecular flexibility index (Phi) is 8.98. The van der Waals surface area contributed by atoms with E-state index in [1.807, 2.05) is 0 Å². The summed E-state index contributed by atoms with van der Waals surface area (Å²) in [5.41, 5.74) is 0.395. The molecule has 0 bridgehead atoms. The first kappa shape index (κ1) is 29.7. The molecule has 1 aliphatic rings. The van der Waals surface area contributed by atoms with Gasteiger partial charge >= 0.3 is 5.97 Å². The van der Waals surface area contributed by atoms with E-state index in [1.54, 1.807) is 36.4 Å². The van der Waals surface area contributed by atoms with E-state index in [-0.39, 0.29) is 39.7 Å². The first-order valence-corrected chi connectivity index (χ1v) is 15.0. The Bertz CT molecular complexity index is 1690. The predicted molar refractivity (Wildman–Crippen MR) is 156 cm³/mol. The van der Waals surface area contributed by atoms with Crippen molar-refractivity contribution in [2.45, 2.75) is 42.7 Å². The van der Waals surface area contributed by atoms with E-state index >= 15 is 0 Å². The summed E-state index contributed by atoms with van der Waals surface area (Å²) in [6, 6.07) is 20.7. The molecule has 3 N–H and O–H groups in total. The van der Waals surface area contributed by atoms with Gasteiger partial charge in [-0.3, -0.25) is 4.79 Å². The van der Waals surface area contributed by atoms with E-state index in [9.17, 15) is 27.5 Å². The number of nitrogens with one attached hydrogen (secondary N) is 2. The van der Waals surface area contributed by atoms with Gasteiger partial charge in [0.25, 0.3) is 5.91 Å². The number of benzene rings is 3. The van der Waals surface area contributed by atoms with E-state index < -0.39 is 27.7 Å². The Morgan fingerprint density at radius 2 is 1.53 bits per heavy atom. The molecular weight excluding hydrogens is 577 g/mol. The molecule has 0 saturated heterocycles. The molecule has 0 atom stereocenters. The third kappa shape index (κ3) is 7.73. The highest BCUT2D eigenvalue weighted by molar-refractivity contribution is 7.89. The molecule has 1 amide bonds. The van der Waals surface area contributed by atoms with Gasteiger partial charge in [0.2, 0.25) is 15.9 Å². The normalized spacial score (nSPS) is 16.7. The fourth-order valence-corrected chi connectivity index (χ4v) is 5.95. The lowest BCUT2D eigenvalue weighted by molar-refractivity contribution is 0.0698. The number of carboxylic acid groups (broad SMARTS) is 1. The van der Waals surface area contributed by atoms with Crippen LogP contribution in [0.3, 0.4) is 0 Å². The molecule has 0 aliphatic heterocycles. The van der Waals surface area contributed by atoms with Crippen molar-refractivity contribution in [2.24, 2.45) is 0 Å². The predicted octanol–water partition coefficient (Wildman–Crippen LogP) is 5.63. The molecule has 222 valence electrons. The summed E-state index contributed by atoms with van der Waals surface area (Å²) in [6.45, 7) is 0. The number of pyridine rings is 1. The average Bonchev–Trinajstić information content (AvgIpc) is 3.00. The molecule has 1 saturated carbocycles. The molecule has 0 radical (unpaired) electrons. The van der Waals surface area contributed by atoms with Crippen molar-refractivity contribution in [3.8, 4) is 17.4 Å². The Hall–Kier alpha value is -4.81. The Balaban J connectivity index is 1.09. The zero-order valence-corrected chi connectivity index (χ0v) is 23.6. The minimum absolute atomic E-state index is 0.0187. The maximum atomic E-state index is 13.1. The lowest BCUT2D eigenvalue weighted by atomic mass is 9.94. The Labute approximate surface area is 247 Å². The van der Waals surface area contributed by atoms with Crippen LogP contribution < -0.4 is 19.5 Å². The monoisotopic (exact) mass is 605 g/mol. The second-order valence-corrected chi connectivity index (χ2v) is 11.6. The SMILES string of the molecule is O=C(Nc1ccccc1C(=O)O)c1ccc(Oc2ccc(OC3CCC(NS(=O)(=O)c4ccc(F)cc4)CC3)cc2)nc1. The summed E-state index contributed by atoms with van der Waals surface area (Å²) in [5.74, 6) is -0.736. The number of carboxylic acids is 1. The number of nitrogens with zero attached hydrogens (tertiary/aromatic N) is 1. The Morgan fingerprint density at radius 3 is 2.19 bits per heavy atom. The number of hydrogen-bond donors (Lipinski definition) is 3. The fraction of sp³-hybridized carbons (Fsp3) is 0.194. The maximum Gasteiger partial charge on any atom is 0.337 e. The van der Waals surface area contributed by atoms with Crippen LogP contribution in [0.2, 0.25) is 0 Å². The van der Waals surface area contributed by atoms with Gasteiger partial charge in [-0.1, -0.05) is 12.1 Å². The lowest BCUT2D eigenvalue weighted by Crippen LogP contribution is -2.39. The van der Waals surface area contributed by atoms with Gasteiger partial charge in [-0.05, 0) is 92.4 Å². The molecule has 5 rings (SSSR count). The van der Waals surface area contributed by atoms with Crippen molar-refractivity contribution in [1.82, 2.24) is 9.71 Å². The quantitative estimate of drug-likeness (QED) is 0.211. The van der Waals surface area contributed by atoms with Gasteiger partial charge in [-0.15, -0.1) is 0 Å².